The maximum absolute atomic E-state index is 13.2. The number of hydrogen-bond donors (Lipinski definition) is 1. The fourth-order valence-corrected chi connectivity index (χ4v) is 2.11. The van der Waals surface area contributed by atoms with E-state index >= 15 is 0 Å². The van der Waals surface area contributed by atoms with Crippen molar-refractivity contribution in [2.24, 2.45) is 0 Å². The largest absolute Gasteiger partial charge is 0.488 e. The monoisotopic (exact) mass is 274 g/mol. The Balaban J connectivity index is 2.22. The molecule has 3 nitrogen and oxygen atoms in total. The third kappa shape index (κ3) is 3.35. The van der Waals surface area contributed by atoms with Crippen LogP contribution in [0, 0.1) is 19.7 Å². The highest BCUT2D eigenvalue weighted by Gasteiger charge is 2.12. The standard InChI is InChI=1S/C16H15FO3/c1-10-5-11(2)7-12(6-10)9-20-15-8-13(17)3-4-14(15)16(18)19/h3-8H,9H2,1-2H3,(H,18,19). The fourth-order valence-electron chi connectivity index (χ4n) is 2.11. The molecule has 0 atom stereocenters. The van der Waals surface area contributed by atoms with Crippen LogP contribution in [0.2, 0.25) is 0 Å². The molecule has 0 heterocycles. The molecule has 0 aliphatic rings. The minimum atomic E-state index is -1.14. The summed E-state index contributed by atoms with van der Waals surface area (Å²) in [4.78, 5) is 11.1. The number of halogens is 1. The highest BCUT2D eigenvalue weighted by atomic mass is 19.1. The molecule has 2 aromatic rings. The molecular formula is C16H15FO3. The number of carbonyl (C=O) groups is 1. The number of carboxylic acid groups (broad SMARTS) is 1. The van der Waals surface area contributed by atoms with Gasteiger partial charge < -0.3 is 9.84 Å². The SMILES string of the molecule is Cc1cc(C)cc(COc2cc(F)ccc2C(=O)O)c1. The lowest BCUT2D eigenvalue weighted by Crippen LogP contribution is -2.04. The van der Waals surface area contributed by atoms with Crippen molar-refractivity contribution < 1.29 is 19.0 Å². The highest BCUT2D eigenvalue weighted by Crippen LogP contribution is 2.21. The molecular weight excluding hydrogens is 259 g/mol. The van der Waals surface area contributed by atoms with E-state index in [4.69, 9.17) is 9.84 Å². The number of carboxylic acids is 1. The Bertz CT molecular complexity index is 630. The molecule has 0 amide bonds. The first-order valence-corrected chi connectivity index (χ1v) is 6.18. The van der Waals surface area contributed by atoms with E-state index in [0.29, 0.717) is 0 Å². The van der Waals surface area contributed by atoms with Gasteiger partial charge in [0.1, 0.15) is 23.7 Å². The van der Waals surface area contributed by atoms with E-state index in [1.807, 2.05) is 32.0 Å². The average molecular weight is 274 g/mol. The Morgan fingerprint density at radius 2 is 1.80 bits per heavy atom. The topological polar surface area (TPSA) is 46.5 Å². The Kier molecular flexibility index (Phi) is 4.03. The smallest absolute Gasteiger partial charge is 0.339 e. The van der Waals surface area contributed by atoms with Gasteiger partial charge in [-0.25, -0.2) is 9.18 Å². The highest BCUT2D eigenvalue weighted by molar-refractivity contribution is 5.90. The molecule has 4 heteroatoms. The van der Waals surface area contributed by atoms with Gasteiger partial charge in [0, 0.05) is 6.07 Å². The normalized spacial score (nSPS) is 10.3. The van der Waals surface area contributed by atoms with Gasteiger partial charge in [0.05, 0.1) is 0 Å². The van der Waals surface area contributed by atoms with Crippen LogP contribution in [0.15, 0.2) is 36.4 Å². The number of rotatable bonds is 4. The maximum atomic E-state index is 13.2. The van der Waals surface area contributed by atoms with Crippen LogP contribution < -0.4 is 4.74 Å². The third-order valence-corrected chi connectivity index (χ3v) is 2.85. The van der Waals surface area contributed by atoms with Gasteiger partial charge in [-0.1, -0.05) is 29.3 Å². The van der Waals surface area contributed by atoms with E-state index in [2.05, 4.69) is 0 Å². The van der Waals surface area contributed by atoms with Crippen LogP contribution in [-0.4, -0.2) is 11.1 Å². The van der Waals surface area contributed by atoms with Gasteiger partial charge in [-0.15, -0.1) is 0 Å². The van der Waals surface area contributed by atoms with E-state index in [9.17, 15) is 9.18 Å². The maximum Gasteiger partial charge on any atom is 0.339 e. The molecule has 2 aromatic carbocycles. The second-order valence-electron chi connectivity index (χ2n) is 4.73. The van der Waals surface area contributed by atoms with Crippen LogP contribution in [0.4, 0.5) is 4.39 Å². The summed E-state index contributed by atoms with van der Waals surface area (Å²) in [6.45, 7) is 4.15. The number of aryl methyl sites for hydroxylation is 2. The lowest BCUT2D eigenvalue weighted by Gasteiger charge is -2.10. The summed E-state index contributed by atoms with van der Waals surface area (Å²) in [5.74, 6) is -1.62. The first kappa shape index (κ1) is 14.1. The Morgan fingerprint density at radius 1 is 1.15 bits per heavy atom. The minimum Gasteiger partial charge on any atom is -0.488 e. The second kappa shape index (κ2) is 5.74. The zero-order valence-electron chi connectivity index (χ0n) is 11.3. The zero-order chi connectivity index (χ0) is 14.7. The lowest BCUT2D eigenvalue weighted by atomic mass is 10.1. The molecule has 0 unspecified atom stereocenters. The molecule has 104 valence electrons. The van der Waals surface area contributed by atoms with Crippen molar-refractivity contribution in [1.29, 1.82) is 0 Å². The van der Waals surface area contributed by atoms with Crippen LogP contribution in [0.3, 0.4) is 0 Å². The van der Waals surface area contributed by atoms with Crippen LogP contribution in [0.1, 0.15) is 27.0 Å². The second-order valence-corrected chi connectivity index (χ2v) is 4.73. The zero-order valence-corrected chi connectivity index (χ0v) is 11.3. The van der Waals surface area contributed by atoms with Gasteiger partial charge in [-0.2, -0.15) is 0 Å². The van der Waals surface area contributed by atoms with Crippen molar-refractivity contribution in [3.05, 3.63) is 64.5 Å². The first-order chi connectivity index (χ1) is 9.45. The number of ether oxygens (including phenoxy) is 1. The first-order valence-electron chi connectivity index (χ1n) is 6.18. The summed E-state index contributed by atoms with van der Waals surface area (Å²) in [6, 6.07) is 9.33. The van der Waals surface area contributed by atoms with Crippen molar-refractivity contribution in [1.82, 2.24) is 0 Å². The summed E-state index contributed by atoms with van der Waals surface area (Å²) in [5.41, 5.74) is 3.07. The summed E-state index contributed by atoms with van der Waals surface area (Å²) in [7, 11) is 0. The van der Waals surface area contributed by atoms with Crippen LogP contribution in [0.5, 0.6) is 5.75 Å². The van der Waals surface area contributed by atoms with Crippen LogP contribution in [-0.2, 0) is 6.61 Å². The molecule has 0 aliphatic carbocycles. The van der Waals surface area contributed by atoms with Crippen LogP contribution in [0.25, 0.3) is 0 Å². The minimum absolute atomic E-state index is 0.0386. The number of aromatic carboxylic acids is 1. The van der Waals surface area contributed by atoms with Crippen LogP contribution >= 0.6 is 0 Å². The molecule has 2 rings (SSSR count). The number of benzene rings is 2. The quantitative estimate of drug-likeness (QED) is 0.924. The molecule has 0 aromatic heterocycles. The molecule has 20 heavy (non-hydrogen) atoms. The van der Waals surface area contributed by atoms with Gasteiger partial charge in [-0.3, -0.25) is 0 Å². The van der Waals surface area contributed by atoms with Crippen molar-refractivity contribution in [2.45, 2.75) is 20.5 Å². The van der Waals surface area contributed by atoms with Gasteiger partial charge in [0.25, 0.3) is 0 Å². The summed E-state index contributed by atoms with van der Waals surface area (Å²) >= 11 is 0. The Hall–Kier alpha value is -2.36. The van der Waals surface area contributed by atoms with Gasteiger partial charge in [0.15, 0.2) is 0 Å². The predicted molar refractivity (Wildman–Crippen MR) is 73.6 cm³/mol. The van der Waals surface area contributed by atoms with E-state index in [-0.39, 0.29) is 17.9 Å². The molecule has 0 spiro atoms. The van der Waals surface area contributed by atoms with Crippen molar-refractivity contribution >= 4 is 5.97 Å². The van der Waals surface area contributed by atoms with Crippen molar-refractivity contribution in [2.75, 3.05) is 0 Å². The Morgan fingerprint density at radius 3 is 2.40 bits per heavy atom. The molecule has 1 N–H and O–H groups in total. The summed E-state index contributed by atoms with van der Waals surface area (Å²) < 4.78 is 18.6. The Labute approximate surface area is 116 Å². The van der Waals surface area contributed by atoms with E-state index < -0.39 is 11.8 Å². The van der Waals surface area contributed by atoms with Crippen molar-refractivity contribution in [3.8, 4) is 5.75 Å². The van der Waals surface area contributed by atoms with Crippen molar-refractivity contribution in [3.63, 3.8) is 0 Å². The molecule has 0 fully saturated rings. The summed E-state index contributed by atoms with van der Waals surface area (Å²) in [6.07, 6.45) is 0. The predicted octanol–water partition coefficient (Wildman–Crippen LogP) is 3.72. The average Bonchev–Trinajstić information content (AvgIpc) is 2.35. The van der Waals surface area contributed by atoms with E-state index in [0.717, 1.165) is 28.8 Å². The molecule has 0 radical (unpaired) electrons. The van der Waals surface area contributed by atoms with E-state index in [1.54, 1.807) is 0 Å². The molecule has 0 aliphatic heterocycles. The third-order valence-electron chi connectivity index (χ3n) is 2.85. The van der Waals surface area contributed by atoms with Gasteiger partial charge >= 0.3 is 5.97 Å². The van der Waals surface area contributed by atoms with Gasteiger partial charge in [-0.05, 0) is 31.5 Å². The molecule has 0 saturated carbocycles. The molecule has 0 saturated heterocycles. The molecule has 0 bridgehead atoms. The number of hydrogen-bond acceptors (Lipinski definition) is 2. The summed E-state index contributed by atoms with van der Waals surface area (Å²) in [5, 5.41) is 9.04. The van der Waals surface area contributed by atoms with E-state index in [1.165, 1.54) is 6.07 Å². The van der Waals surface area contributed by atoms with Gasteiger partial charge in [0.2, 0.25) is 0 Å². The lowest BCUT2D eigenvalue weighted by molar-refractivity contribution is 0.0691. The fraction of sp³-hybridized carbons (Fsp3) is 0.188.